The fourth-order valence-electron chi connectivity index (χ4n) is 2.65. The number of carboxylic acid groups (broad SMARTS) is 1. The summed E-state index contributed by atoms with van der Waals surface area (Å²) in [6.07, 6.45) is 20.2. The second-order valence-corrected chi connectivity index (χ2v) is 7.21. The summed E-state index contributed by atoms with van der Waals surface area (Å²) in [5.74, 6) is -1.41. The fraction of sp³-hybridized carbons (Fsp3) is 0.864. The molecule has 0 aliphatic heterocycles. The SMILES string of the molecule is CC(=O)C(C)=O.CCCCCCCCCCCCCCCCCC(=O)O. The van der Waals surface area contributed by atoms with E-state index in [0.29, 0.717) is 6.42 Å². The number of carboxylic acids is 1. The molecule has 0 radical (unpaired) electrons. The van der Waals surface area contributed by atoms with Crippen LogP contribution < -0.4 is 0 Å². The molecule has 0 saturated heterocycles. The van der Waals surface area contributed by atoms with Crippen molar-refractivity contribution in [2.75, 3.05) is 0 Å². The van der Waals surface area contributed by atoms with Crippen LogP contribution in [0.3, 0.4) is 0 Å². The van der Waals surface area contributed by atoms with Gasteiger partial charge in [0.15, 0.2) is 11.6 Å². The first kappa shape index (κ1) is 27.0. The monoisotopic (exact) mass is 370 g/mol. The topological polar surface area (TPSA) is 71.4 Å². The smallest absolute Gasteiger partial charge is 0.303 e. The Bertz CT molecular complexity index is 338. The highest BCUT2D eigenvalue weighted by atomic mass is 16.4. The summed E-state index contributed by atoms with van der Waals surface area (Å²) in [5.41, 5.74) is 0. The van der Waals surface area contributed by atoms with Gasteiger partial charge in [-0.15, -0.1) is 0 Å². The van der Waals surface area contributed by atoms with E-state index in [9.17, 15) is 14.4 Å². The number of hydrogen-bond acceptors (Lipinski definition) is 3. The first-order valence-electron chi connectivity index (χ1n) is 10.6. The predicted molar refractivity (Wildman–Crippen MR) is 109 cm³/mol. The lowest BCUT2D eigenvalue weighted by Gasteiger charge is -2.03. The van der Waals surface area contributed by atoms with Crippen molar-refractivity contribution in [1.29, 1.82) is 0 Å². The van der Waals surface area contributed by atoms with Gasteiger partial charge in [0, 0.05) is 20.3 Å². The summed E-state index contributed by atoms with van der Waals surface area (Å²) < 4.78 is 0. The number of aliphatic carboxylic acids is 1. The molecule has 0 atom stereocenters. The molecule has 0 aromatic rings. The summed E-state index contributed by atoms with van der Waals surface area (Å²) in [6.45, 7) is 4.77. The second kappa shape index (κ2) is 21.9. The summed E-state index contributed by atoms with van der Waals surface area (Å²) in [7, 11) is 0. The number of ketones is 2. The van der Waals surface area contributed by atoms with Crippen LogP contribution in [0.15, 0.2) is 0 Å². The van der Waals surface area contributed by atoms with Gasteiger partial charge in [-0.05, 0) is 6.42 Å². The van der Waals surface area contributed by atoms with E-state index in [2.05, 4.69) is 6.92 Å². The molecule has 0 aromatic carbocycles. The molecule has 0 bridgehead atoms. The standard InChI is InChI=1S/C18H36O2.C4H6O2/c1-2-3-4-5-6-7-8-9-10-11-12-13-14-15-16-17-18(19)20;1-3(5)4(2)6/h2-17H2,1H3,(H,19,20);1-2H3. The van der Waals surface area contributed by atoms with Crippen molar-refractivity contribution in [2.45, 2.75) is 124 Å². The zero-order valence-electron chi connectivity index (χ0n) is 17.5. The summed E-state index contributed by atoms with van der Waals surface area (Å²) in [6, 6.07) is 0. The van der Waals surface area contributed by atoms with Crippen molar-refractivity contribution in [1.82, 2.24) is 0 Å². The van der Waals surface area contributed by atoms with Crippen LogP contribution in [0.1, 0.15) is 124 Å². The molecule has 0 saturated carbocycles. The maximum atomic E-state index is 10.3. The summed E-state index contributed by atoms with van der Waals surface area (Å²) >= 11 is 0. The van der Waals surface area contributed by atoms with Crippen LogP contribution in [0.5, 0.6) is 0 Å². The zero-order chi connectivity index (χ0) is 20.0. The van der Waals surface area contributed by atoms with Crippen molar-refractivity contribution >= 4 is 17.5 Å². The van der Waals surface area contributed by atoms with Gasteiger partial charge in [0.1, 0.15) is 0 Å². The van der Waals surface area contributed by atoms with E-state index in [0.717, 1.165) is 12.8 Å². The van der Waals surface area contributed by atoms with Gasteiger partial charge in [-0.2, -0.15) is 0 Å². The zero-order valence-corrected chi connectivity index (χ0v) is 17.5. The van der Waals surface area contributed by atoms with Crippen molar-refractivity contribution < 1.29 is 19.5 Å². The Balaban J connectivity index is 0. The van der Waals surface area contributed by atoms with Gasteiger partial charge in [-0.1, -0.05) is 96.8 Å². The van der Waals surface area contributed by atoms with Gasteiger partial charge in [-0.25, -0.2) is 0 Å². The lowest BCUT2D eigenvalue weighted by molar-refractivity contribution is -0.137. The number of Topliss-reactive ketones (excluding diaryl/α,β-unsaturated/α-hetero) is 2. The molecule has 1 N–H and O–H groups in total. The van der Waals surface area contributed by atoms with E-state index < -0.39 is 5.97 Å². The maximum Gasteiger partial charge on any atom is 0.303 e. The third-order valence-corrected chi connectivity index (χ3v) is 4.49. The first-order chi connectivity index (χ1) is 12.4. The molecule has 154 valence electrons. The molecule has 0 unspecified atom stereocenters. The largest absolute Gasteiger partial charge is 0.481 e. The van der Waals surface area contributed by atoms with Crippen LogP contribution in [0.4, 0.5) is 0 Å². The summed E-state index contributed by atoms with van der Waals surface area (Å²) in [5, 5.41) is 8.52. The normalized spacial score (nSPS) is 10.1. The maximum absolute atomic E-state index is 10.3. The fourth-order valence-corrected chi connectivity index (χ4v) is 2.65. The number of rotatable bonds is 17. The number of hydrogen-bond donors (Lipinski definition) is 1. The molecule has 0 aliphatic rings. The minimum absolute atomic E-state index is 0.345. The van der Waals surface area contributed by atoms with Crippen LogP contribution in [-0.4, -0.2) is 22.6 Å². The molecular formula is C22H42O4. The van der Waals surface area contributed by atoms with Gasteiger partial charge in [0.25, 0.3) is 0 Å². The number of carbonyl (C=O) groups excluding carboxylic acids is 2. The second-order valence-electron chi connectivity index (χ2n) is 7.21. The average molecular weight is 371 g/mol. The van der Waals surface area contributed by atoms with E-state index in [1.807, 2.05) is 0 Å². The Labute approximate surface area is 161 Å². The first-order valence-corrected chi connectivity index (χ1v) is 10.6. The summed E-state index contributed by atoms with van der Waals surface area (Å²) in [4.78, 5) is 29.9. The van der Waals surface area contributed by atoms with Gasteiger partial charge in [-0.3, -0.25) is 14.4 Å². The van der Waals surface area contributed by atoms with Crippen LogP contribution in [0.2, 0.25) is 0 Å². The van der Waals surface area contributed by atoms with Gasteiger partial charge in [0.2, 0.25) is 0 Å². The Kier molecular flexibility index (Phi) is 22.7. The molecule has 4 nitrogen and oxygen atoms in total. The van der Waals surface area contributed by atoms with Gasteiger partial charge in [0.05, 0.1) is 0 Å². The van der Waals surface area contributed by atoms with Gasteiger partial charge < -0.3 is 5.11 Å². The lowest BCUT2D eigenvalue weighted by atomic mass is 10.0. The van der Waals surface area contributed by atoms with Crippen molar-refractivity contribution in [3.8, 4) is 0 Å². The average Bonchev–Trinajstić information content (AvgIpc) is 2.58. The van der Waals surface area contributed by atoms with Gasteiger partial charge >= 0.3 is 5.97 Å². The Morgan fingerprint density at radius 3 is 1.04 bits per heavy atom. The molecule has 0 fully saturated rings. The Hall–Kier alpha value is -1.19. The highest BCUT2D eigenvalue weighted by Crippen LogP contribution is 2.13. The lowest BCUT2D eigenvalue weighted by Crippen LogP contribution is -2.01. The molecule has 0 amide bonds. The molecule has 0 rings (SSSR count). The van der Waals surface area contributed by atoms with Crippen molar-refractivity contribution in [3.05, 3.63) is 0 Å². The minimum Gasteiger partial charge on any atom is -0.481 e. The van der Waals surface area contributed by atoms with Crippen LogP contribution >= 0.6 is 0 Å². The molecule has 0 aromatic heterocycles. The van der Waals surface area contributed by atoms with Crippen LogP contribution in [0, 0.1) is 0 Å². The van der Waals surface area contributed by atoms with Crippen LogP contribution in [0.25, 0.3) is 0 Å². The van der Waals surface area contributed by atoms with E-state index in [1.54, 1.807) is 0 Å². The molecule has 0 heterocycles. The van der Waals surface area contributed by atoms with E-state index in [-0.39, 0.29) is 11.6 Å². The predicted octanol–water partition coefficient (Wildman–Crippen LogP) is 6.50. The molecule has 0 spiro atoms. The van der Waals surface area contributed by atoms with E-state index in [1.165, 1.54) is 97.3 Å². The quantitative estimate of drug-likeness (QED) is 0.234. The highest BCUT2D eigenvalue weighted by molar-refractivity contribution is 6.35. The third kappa shape index (κ3) is 27.6. The molecule has 4 heteroatoms. The molecule has 0 aliphatic carbocycles. The number of unbranched alkanes of at least 4 members (excludes halogenated alkanes) is 14. The van der Waals surface area contributed by atoms with Crippen molar-refractivity contribution in [2.24, 2.45) is 0 Å². The molecular weight excluding hydrogens is 328 g/mol. The highest BCUT2D eigenvalue weighted by Gasteiger charge is 1.97. The number of carbonyl (C=O) groups is 3. The Morgan fingerprint density at radius 1 is 0.538 bits per heavy atom. The van der Waals surface area contributed by atoms with E-state index in [4.69, 9.17) is 5.11 Å². The Morgan fingerprint density at radius 2 is 0.808 bits per heavy atom. The van der Waals surface area contributed by atoms with Crippen molar-refractivity contribution in [3.63, 3.8) is 0 Å². The van der Waals surface area contributed by atoms with E-state index >= 15 is 0 Å². The third-order valence-electron chi connectivity index (χ3n) is 4.49. The van der Waals surface area contributed by atoms with Crippen LogP contribution in [-0.2, 0) is 14.4 Å². The minimum atomic E-state index is -0.653. The molecule has 26 heavy (non-hydrogen) atoms.